The number of hydrogen-bond donors (Lipinski definition) is 0. The average Bonchev–Trinajstić information content (AvgIpc) is 2.80. The first-order chi connectivity index (χ1) is 8.39. The highest BCUT2D eigenvalue weighted by atomic mass is 19.4. The number of imidazole rings is 1. The largest absolute Gasteiger partial charge is 0.420 e. The van der Waals surface area contributed by atoms with Crippen molar-refractivity contribution in [3.05, 3.63) is 46.7 Å². The monoisotopic (exact) mass is 258 g/mol. The number of nitrogens with zero attached hydrogens (tertiary/aromatic N) is 4. The summed E-state index contributed by atoms with van der Waals surface area (Å²) in [7, 11) is 0. The second-order valence-electron chi connectivity index (χ2n) is 3.29. The molecule has 0 aromatic carbocycles. The molecule has 0 aliphatic carbocycles. The van der Waals surface area contributed by atoms with Gasteiger partial charge in [0.2, 0.25) is 0 Å². The van der Waals surface area contributed by atoms with Gasteiger partial charge in [0.05, 0.1) is 4.92 Å². The standard InChI is InChI=1S/C9H5F3N4O2/c10-9(11,12)7-3-6(16(17)18)4-14-8(7)15-2-1-13-5-15/h1-5H. The van der Waals surface area contributed by atoms with Crippen molar-refractivity contribution in [3.63, 3.8) is 0 Å². The Hall–Kier alpha value is -2.45. The minimum absolute atomic E-state index is 0.447. The van der Waals surface area contributed by atoms with Gasteiger partial charge in [-0.1, -0.05) is 0 Å². The van der Waals surface area contributed by atoms with Gasteiger partial charge in [0.25, 0.3) is 5.69 Å². The number of rotatable bonds is 2. The molecular formula is C9H5F3N4O2. The maximum Gasteiger partial charge on any atom is 0.420 e. The van der Waals surface area contributed by atoms with Crippen LogP contribution in [0.1, 0.15) is 5.56 Å². The fraction of sp³-hybridized carbons (Fsp3) is 0.111. The molecule has 6 nitrogen and oxygen atoms in total. The van der Waals surface area contributed by atoms with Crippen molar-refractivity contribution >= 4 is 5.69 Å². The average molecular weight is 258 g/mol. The lowest BCUT2D eigenvalue weighted by atomic mass is 10.2. The van der Waals surface area contributed by atoms with Crippen molar-refractivity contribution in [2.75, 3.05) is 0 Å². The Labute approximate surface area is 97.9 Å². The Morgan fingerprint density at radius 3 is 2.61 bits per heavy atom. The number of pyridine rings is 1. The number of aromatic nitrogens is 3. The molecule has 2 rings (SSSR count). The van der Waals surface area contributed by atoms with E-state index < -0.39 is 28.2 Å². The third-order valence-corrected chi connectivity index (χ3v) is 2.12. The van der Waals surface area contributed by atoms with Gasteiger partial charge in [0, 0.05) is 18.5 Å². The summed E-state index contributed by atoms with van der Waals surface area (Å²) in [5.41, 5.74) is -1.90. The molecule has 0 saturated carbocycles. The number of nitro groups is 1. The predicted octanol–water partition coefficient (Wildman–Crippen LogP) is 2.19. The molecule has 0 aliphatic heterocycles. The Morgan fingerprint density at radius 2 is 2.11 bits per heavy atom. The van der Waals surface area contributed by atoms with Crippen LogP contribution in [0.15, 0.2) is 31.0 Å². The summed E-state index contributed by atoms with van der Waals surface area (Å²) in [5.74, 6) is -0.453. The lowest BCUT2D eigenvalue weighted by molar-refractivity contribution is -0.385. The van der Waals surface area contributed by atoms with Crippen LogP contribution in [0.4, 0.5) is 18.9 Å². The summed E-state index contributed by atoms with van der Waals surface area (Å²) in [6.07, 6.45) is -0.292. The van der Waals surface area contributed by atoms with Crippen LogP contribution in [-0.4, -0.2) is 19.5 Å². The van der Waals surface area contributed by atoms with Crippen LogP contribution in [0.5, 0.6) is 0 Å². The highest BCUT2D eigenvalue weighted by Crippen LogP contribution is 2.34. The third kappa shape index (κ3) is 2.14. The summed E-state index contributed by atoms with van der Waals surface area (Å²) in [6, 6.07) is 0.447. The molecular weight excluding hydrogens is 253 g/mol. The molecule has 0 radical (unpaired) electrons. The van der Waals surface area contributed by atoms with Crippen molar-refractivity contribution in [1.29, 1.82) is 0 Å². The van der Waals surface area contributed by atoms with Crippen LogP contribution >= 0.6 is 0 Å². The molecule has 0 unspecified atom stereocenters. The SMILES string of the molecule is O=[N+]([O-])c1cnc(-n2ccnc2)c(C(F)(F)F)c1. The quantitative estimate of drug-likeness (QED) is 0.611. The van der Waals surface area contributed by atoms with Crippen LogP contribution in [0.3, 0.4) is 0 Å². The van der Waals surface area contributed by atoms with E-state index in [0.29, 0.717) is 6.07 Å². The van der Waals surface area contributed by atoms with Crippen molar-refractivity contribution in [2.24, 2.45) is 0 Å². The normalized spacial score (nSPS) is 11.5. The summed E-state index contributed by atoms with van der Waals surface area (Å²) in [6.45, 7) is 0. The van der Waals surface area contributed by atoms with E-state index in [-0.39, 0.29) is 0 Å². The van der Waals surface area contributed by atoms with Gasteiger partial charge < -0.3 is 0 Å². The second-order valence-corrected chi connectivity index (χ2v) is 3.29. The Morgan fingerprint density at radius 1 is 1.39 bits per heavy atom. The molecule has 0 aliphatic rings. The Bertz CT molecular complexity index is 580. The number of halogens is 3. The highest BCUT2D eigenvalue weighted by Gasteiger charge is 2.36. The molecule has 0 bridgehead atoms. The molecule has 9 heteroatoms. The summed E-state index contributed by atoms with van der Waals surface area (Å²) in [4.78, 5) is 16.6. The number of alkyl halides is 3. The van der Waals surface area contributed by atoms with Crippen LogP contribution in [0.2, 0.25) is 0 Å². The maximum atomic E-state index is 12.8. The van der Waals surface area contributed by atoms with Gasteiger partial charge in [-0.15, -0.1) is 0 Å². The summed E-state index contributed by atoms with van der Waals surface area (Å²) < 4.78 is 39.4. The fourth-order valence-electron chi connectivity index (χ4n) is 1.35. The summed E-state index contributed by atoms with van der Waals surface area (Å²) in [5, 5.41) is 10.5. The van der Waals surface area contributed by atoms with E-state index >= 15 is 0 Å². The first-order valence-corrected chi connectivity index (χ1v) is 4.59. The molecule has 0 spiro atoms. The van der Waals surface area contributed by atoms with Gasteiger partial charge in [-0.25, -0.2) is 9.97 Å². The zero-order chi connectivity index (χ0) is 13.3. The van der Waals surface area contributed by atoms with Crippen molar-refractivity contribution in [1.82, 2.24) is 14.5 Å². The topological polar surface area (TPSA) is 73.8 Å². The summed E-state index contributed by atoms with van der Waals surface area (Å²) >= 11 is 0. The van der Waals surface area contributed by atoms with Crippen LogP contribution in [0, 0.1) is 10.1 Å². The van der Waals surface area contributed by atoms with Crippen LogP contribution in [-0.2, 0) is 6.18 Å². The van der Waals surface area contributed by atoms with Gasteiger partial charge in [0.15, 0.2) is 5.82 Å². The fourth-order valence-corrected chi connectivity index (χ4v) is 1.35. The Kier molecular flexibility index (Phi) is 2.73. The Balaban J connectivity index is 2.64. The zero-order valence-corrected chi connectivity index (χ0v) is 8.63. The van der Waals surface area contributed by atoms with E-state index in [0.717, 1.165) is 17.1 Å². The molecule has 0 fully saturated rings. The molecule has 2 heterocycles. The van der Waals surface area contributed by atoms with Gasteiger partial charge in [-0.3, -0.25) is 14.7 Å². The van der Waals surface area contributed by atoms with E-state index in [2.05, 4.69) is 9.97 Å². The van der Waals surface area contributed by atoms with Crippen molar-refractivity contribution in [3.8, 4) is 5.82 Å². The predicted molar refractivity (Wildman–Crippen MR) is 53.0 cm³/mol. The molecule has 0 atom stereocenters. The maximum absolute atomic E-state index is 12.8. The highest BCUT2D eigenvalue weighted by molar-refractivity contribution is 5.43. The molecule has 2 aromatic rings. The van der Waals surface area contributed by atoms with E-state index in [4.69, 9.17) is 0 Å². The van der Waals surface area contributed by atoms with E-state index in [1.807, 2.05) is 0 Å². The van der Waals surface area contributed by atoms with Gasteiger partial charge in [-0.2, -0.15) is 13.2 Å². The van der Waals surface area contributed by atoms with Crippen LogP contribution in [0.25, 0.3) is 5.82 Å². The van der Waals surface area contributed by atoms with Gasteiger partial charge >= 0.3 is 6.18 Å². The first-order valence-electron chi connectivity index (χ1n) is 4.59. The van der Waals surface area contributed by atoms with Gasteiger partial charge in [0.1, 0.15) is 18.1 Å². The van der Waals surface area contributed by atoms with E-state index in [1.165, 1.54) is 12.4 Å². The third-order valence-electron chi connectivity index (χ3n) is 2.12. The second kappa shape index (κ2) is 4.09. The minimum atomic E-state index is -4.74. The van der Waals surface area contributed by atoms with Crippen molar-refractivity contribution in [2.45, 2.75) is 6.18 Å². The first kappa shape index (κ1) is 12.0. The smallest absolute Gasteiger partial charge is 0.290 e. The minimum Gasteiger partial charge on any atom is -0.290 e. The lowest BCUT2D eigenvalue weighted by Gasteiger charge is -2.11. The lowest BCUT2D eigenvalue weighted by Crippen LogP contribution is -2.12. The van der Waals surface area contributed by atoms with Crippen molar-refractivity contribution < 1.29 is 18.1 Å². The molecule has 0 saturated heterocycles. The molecule has 2 aromatic heterocycles. The van der Waals surface area contributed by atoms with Crippen LogP contribution < -0.4 is 0 Å². The van der Waals surface area contributed by atoms with E-state index in [9.17, 15) is 23.3 Å². The zero-order valence-electron chi connectivity index (χ0n) is 8.63. The molecule has 0 N–H and O–H groups in total. The van der Waals surface area contributed by atoms with Gasteiger partial charge in [-0.05, 0) is 0 Å². The molecule has 94 valence electrons. The van der Waals surface area contributed by atoms with E-state index in [1.54, 1.807) is 0 Å². The molecule has 0 amide bonds. The number of hydrogen-bond acceptors (Lipinski definition) is 4. The molecule has 18 heavy (non-hydrogen) atoms.